The number of benzene rings is 1. The number of aromatic nitrogens is 1. The summed E-state index contributed by atoms with van der Waals surface area (Å²) in [6.45, 7) is 5.74. The Morgan fingerprint density at radius 1 is 1.17 bits per heavy atom. The molecule has 3 nitrogen and oxygen atoms in total. The van der Waals surface area contributed by atoms with Crippen LogP contribution in [0.4, 0.5) is 18.3 Å². The first-order valence-corrected chi connectivity index (χ1v) is 8.19. The van der Waals surface area contributed by atoms with Crippen molar-refractivity contribution in [3.63, 3.8) is 0 Å². The van der Waals surface area contributed by atoms with E-state index in [2.05, 4.69) is 4.98 Å². The van der Waals surface area contributed by atoms with E-state index in [0.717, 1.165) is 16.9 Å². The highest BCUT2D eigenvalue weighted by atomic mass is 32.1. The number of rotatable bonds is 4. The third-order valence-corrected chi connectivity index (χ3v) is 4.55. The molecule has 0 aliphatic rings. The van der Waals surface area contributed by atoms with Crippen LogP contribution in [0.3, 0.4) is 0 Å². The van der Waals surface area contributed by atoms with Gasteiger partial charge in [0.2, 0.25) is 0 Å². The summed E-state index contributed by atoms with van der Waals surface area (Å²) in [5.41, 5.74) is 0.541. The van der Waals surface area contributed by atoms with Crippen LogP contribution in [0.2, 0.25) is 0 Å². The van der Waals surface area contributed by atoms with E-state index in [1.165, 1.54) is 0 Å². The van der Waals surface area contributed by atoms with Gasteiger partial charge in [0.05, 0.1) is 5.69 Å². The zero-order valence-corrected chi connectivity index (χ0v) is 14.8. The molecule has 0 aliphatic heterocycles. The van der Waals surface area contributed by atoms with Crippen LogP contribution in [0.25, 0.3) is 0 Å². The number of nitrogens with zero attached hydrogens (tertiary/aromatic N) is 2. The molecule has 0 N–H and O–H groups in total. The van der Waals surface area contributed by atoms with E-state index >= 15 is 0 Å². The van der Waals surface area contributed by atoms with Crippen molar-refractivity contribution in [3.8, 4) is 0 Å². The monoisotopic (exact) mass is 356 g/mol. The molecule has 1 heterocycles. The molecule has 0 saturated carbocycles. The van der Waals surface area contributed by atoms with Crippen LogP contribution in [0.1, 0.15) is 41.7 Å². The minimum Gasteiger partial charge on any atom is -0.347 e. The van der Waals surface area contributed by atoms with E-state index in [4.69, 9.17) is 0 Å². The summed E-state index contributed by atoms with van der Waals surface area (Å²) in [5.74, 6) is -1.83. The van der Waals surface area contributed by atoms with E-state index < -0.39 is 17.4 Å². The van der Waals surface area contributed by atoms with Gasteiger partial charge < -0.3 is 4.90 Å². The standard InChI is InChI=1S/C17H19F3N2OS/c1-16(2,3)13-12(14(23)17(18,19)20)24-15(21-13)22(4)10-11-8-6-5-7-9-11/h5-9H,10H2,1-4H3. The van der Waals surface area contributed by atoms with Gasteiger partial charge in [-0.1, -0.05) is 62.4 Å². The van der Waals surface area contributed by atoms with Gasteiger partial charge >= 0.3 is 6.18 Å². The number of carbonyl (C=O) groups excluding carboxylic acids is 1. The van der Waals surface area contributed by atoms with Crippen molar-refractivity contribution in [3.05, 3.63) is 46.5 Å². The van der Waals surface area contributed by atoms with Crippen molar-refractivity contribution in [2.24, 2.45) is 0 Å². The molecule has 7 heteroatoms. The van der Waals surface area contributed by atoms with Crippen molar-refractivity contribution >= 4 is 22.3 Å². The molecule has 0 aliphatic carbocycles. The molecule has 2 aromatic rings. The van der Waals surface area contributed by atoms with E-state index in [-0.39, 0.29) is 10.6 Å². The molecule has 2 rings (SSSR count). The number of anilines is 1. The zero-order chi connectivity index (χ0) is 18.1. The van der Waals surface area contributed by atoms with Gasteiger partial charge in [0.15, 0.2) is 5.13 Å². The maximum absolute atomic E-state index is 12.9. The highest BCUT2D eigenvalue weighted by Gasteiger charge is 2.43. The number of halogens is 3. The van der Waals surface area contributed by atoms with Crippen LogP contribution in [-0.2, 0) is 12.0 Å². The predicted octanol–water partition coefficient (Wildman–Crippen LogP) is 4.82. The van der Waals surface area contributed by atoms with Gasteiger partial charge in [0.25, 0.3) is 5.78 Å². The minimum absolute atomic E-state index is 0.185. The topological polar surface area (TPSA) is 33.2 Å². The molecule has 24 heavy (non-hydrogen) atoms. The first kappa shape index (κ1) is 18.4. The van der Waals surface area contributed by atoms with E-state index in [0.29, 0.717) is 11.7 Å². The molecule has 0 fully saturated rings. The van der Waals surface area contributed by atoms with Crippen LogP contribution in [0.5, 0.6) is 0 Å². The fourth-order valence-corrected chi connectivity index (χ4v) is 3.38. The Labute approximate surface area is 143 Å². The second-order valence-electron chi connectivity index (χ2n) is 6.59. The predicted molar refractivity (Wildman–Crippen MR) is 89.7 cm³/mol. The summed E-state index contributed by atoms with van der Waals surface area (Å²) in [6.07, 6.45) is -4.90. The summed E-state index contributed by atoms with van der Waals surface area (Å²) >= 11 is 0.794. The van der Waals surface area contributed by atoms with E-state index in [9.17, 15) is 18.0 Å². The highest BCUT2D eigenvalue weighted by Crippen LogP contribution is 2.37. The summed E-state index contributed by atoms with van der Waals surface area (Å²) in [5, 5.41) is 0.399. The van der Waals surface area contributed by atoms with Crippen molar-refractivity contribution in [1.82, 2.24) is 4.98 Å². The second-order valence-corrected chi connectivity index (χ2v) is 7.57. The highest BCUT2D eigenvalue weighted by molar-refractivity contribution is 7.17. The van der Waals surface area contributed by atoms with Gasteiger partial charge in [-0.3, -0.25) is 4.79 Å². The average molecular weight is 356 g/mol. The number of ketones is 1. The normalized spacial score (nSPS) is 12.3. The largest absolute Gasteiger partial charge is 0.455 e. The molecule has 1 aromatic carbocycles. The first-order valence-electron chi connectivity index (χ1n) is 7.38. The maximum Gasteiger partial charge on any atom is 0.455 e. The van der Waals surface area contributed by atoms with Gasteiger partial charge in [-0.05, 0) is 5.56 Å². The number of thiazole rings is 1. The Bertz CT molecular complexity index is 718. The molecule has 0 radical (unpaired) electrons. The summed E-state index contributed by atoms with van der Waals surface area (Å²) in [4.78, 5) is 17.5. The van der Waals surface area contributed by atoms with Gasteiger partial charge in [0, 0.05) is 19.0 Å². The van der Waals surface area contributed by atoms with Crippen molar-refractivity contribution in [1.29, 1.82) is 0 Å². The number of Topliss-reactive ketones (excluding diaryl/α,β-unsaturated/α-hetero) is 1. The molecule has 0 bridgehead atoms. The molecule has 0 saturated heterocycles. The Morgan fingerprint density at radius 2 is 1.75 bits per heavy atom. The lowest BCUT2D eigenvalue weighted by Crippen LogP contribution is -2.25. The zero-order valence-electron chi connectivity index (χ0n) is 13.9. The molecule has 0 atom stereocenters. The van der Waals surface area contributed by atoms with Crippen molar-refractivity contribution in [2.45, 2.75) is 38.9 Å². The third kappa shape index (κ3) is 4.14. The Kier molecular flexibility index (Phi) is 5.03. The van der Waals surface area contributed by atoms with Gasteiger partial charge in [0.1, 0.15) is 4.88 Å². The number of hydrogen-bond donors (Lipinski definition) is 0. The van der Waals surface area contributed by atoms with Gasteiger partial charge in [-0.15, -0.1) is 0 Å². The summed E-state index contributed by atoms with van der Waals surface area (Å²) in [7, 11) is 1.75. The molecule has 130 valence electrons. The molecule has 0 unspecified atom stereocenters. The second kappa shape index (κ2) is 6.55. The minimum atomic E-state index is -4.90. The third-order valence-electron chi connectivity index (χ3n) is 3.38. The smallest absolute Gasteiger partial charge is 0.347 e. The van der Waals surface area contributed by atoms with Crippen LogP contribution in [-0.4, -0.2) is 24.0 Å². The fraction of sp³-hybridized carbons (Fsp3) is 0.412. The molecule has 1 aromatic heterocycles. The SMILES string of the molecule is CN(Cc1ccccc1)c1nc(C(C)(C)C)c(C(=O)C(F)(F)F)s1. The van der Waals surface area contributed by atoms with E-state index in [1.807, 2.05) is 30.3 Å². The van der Waals surface area contributed by atoms with Crippen LogP contribution in [0.15, 0.2) is 30.3 Å². The van der Waals surface area contributed by atoms with Crippen molar-refractivity contribution in [2.75, 3.05) is 11.9 Å². The Balaban J connectivity index is 2.38. The lowest BCUT2D eigenvalue weighted by molar-refractivity contribution is -0.0883. The molecule has 0 amide bonds. The van der Waals surface area contributed by atoms with Crippen LogP contribution in [0, 0.1) is 0 Å². The molecular weight excluding hydrogens is 337 g/mol. The van der Waals surface area contributed by atoms with E-state index in [1.54, 1.807) is 32.7 Å². The van der Waals surface area contributed by atoms with Gasteiger partial charge in [-0.2, -0.15) is 13.2 Å². The van der Waals surface area contributed by atoms with Crippen molar-refractivity contribution < 1.29 is 18.0 Å². The maximum atomic E-state index is 12.9. The quantitative estimate of drug-likeness (QED) is 0.736. The lowest BCUT2D eigenvalue weighted by atomic mass is 9.90. The number of hydrogen-bond acceptors (Lipinski definition) is 4. The molecule has 0 spiro atoms. The fourth-order valence-electron chi connectivity index (χ4n) is 2.19. The number of alkyl halides is 3. The first-order chi connectivity index (χ1) is 11.0. The summed E-state index contributed by atoms with van der Waals surface area (Å²) < 4.78 is 38.6. The Hall–Kier alpha value is -1.89. The van der Waals surface area contributed by atoms with Crippen LogP contribution >= 0.6 is 11.3 Å². The molecular formula is C17H19F3N2OS. The Morgan fingerprint density at radius 3 is 2.25 bits per heavy atom. The number of carbonyl (C=O) groups is 1. The summed E-state index contributed by atoms with van der Waals surface area (Å²) in [6, 6.07) is 9.53. The average Bonchev–Trinajstić information content (AvgIpc) is 2.91. The van der Waals surface area contributed by atoms with Crippen LogP contribution < -0.4 is 4.90 Å². The van der Waals surface area contributed by atoms with Gasteiger partial charge in [-0.25, -0.2) is 4.98 Å². The lowest BCUT2D eigenvalue weighted by Gasteiger charge is -2.18.